The first-order valence-electron chi connectivity index (χ1n) is 26.2. The molecular formula is C53H99NO8. The predicted molar refractivity (Wildman–Crippen MR) is 258 cm³/mol. The van der Waals surface area contributed by atoms with Crippen molar-refractivity contribution >= 4 is 5.91 Å². The zero-order valence-electron chi connectivity index (χ0n) is 40.1. The van der Waals surface area contributed by atoms with E-state index in [2.05, 4.69) is 43.5 Å². The van der Waals surface area contributed by atoms with E-state index >= 15 is 0 Å². The molecule has 0 aromatic rings. The number of hydrogen-bond acceptors (Lipinski definition) is 8. The van der Waals surface area contributed by atoms with Gasteiger partial charge in [0, 0.05) is 6.42 Å². The molecule has 1 rings (SSSR count). The Labute approximate surface area is 381 Å². The fraction of sp³-hybridized carbons (Fsp3) is 0.868. The third kappa shape index (κ3) is 33.0. The molecule has 0 aliphatic carbocycles. The molecule has 7 atom stereocenters. The number of nitrogens with one attached hydrogen (secondary N) is 1. The van der Waals surface area contributed by atoms with Crippen molar-refractivity contribution in [2.45, 2.75) is 281 Å². The van der Waals surface area contributed by atoms with E-state index in [1.807, 2.05) is 6.08 Å². The van der Waals surface area contributed by atoms with Crippen molar-refractivity contribution in [2.24, 2.45) is 0 Å². The quantitative estimate of drug-likeness (QED) is 0.0262. The van der Waals surface area contributed by atoms with E-state index in [0.717, 1.165) is 44.9 Å². The van der Waals surface area contributed by atoms with Crippen LogP contribution in [0.1, 0.15) is 239 Å². The van der Waals surface area contributed by atoms with Crippen LogP contribution in [0.25, 0.3) is 0 Å². The number of amides is 1. The lowest BCUT2D eigenvalue weighted by Crippen LogP contribution is -2.60. The van der Waals surface area contributed by atoms with Crippen LogP contribution in [0.2, 0.25) is 0 Å². The van der Waals surface area contributed by atoms with Crippen molar-refractivity contribution in [3.05, 3.63) is 36.5 Å². The lowest BCUT2D eigenvalue weighted by Gasteiger charge is -2.40. The Balaban J connectivity index is 2.15. The fourth-order valence-electron chi connectivity index (χ4n) is 8.25. The molecule has 1 heterocycles. The summed E-state index contributed by atoms with van der Waals surface area (Å²) >= 11 is 0. The third-order valence-electron chi connectivity index (χ3n) is 12.5. The number of ether oxygens (including phenoxy) is 2. The van der Waals surface area contributed by atoms with Crippen molar-refractivity contribution < 1.29 is 39.8 Å². The van der Waals surface area contributed by atoms with Gasteiger partial charge in [0.15, 0.2) is 6.29 Å². The first-order valence-corrected chi connectivity index (χ1v) is 26.2. The van der Waals surface area contributed by atoms with Gasteiger partial charge in [-0.15, -0.1) is 0 Å². The van der Waals surface area contributed by atoms with Crippen LogP contribution in [0, 0.1) is 0 Å². The van der Waals surface area contributed by atoms with Crippen molar-refractivity contribution in [3.63, 3.8) is 0 Å². The Morgan fingerprint density at radius 1 is 0.548 bits per heavy atom. The van der Waals surface area contributed by atoms with Gasteiger partial charge in [0.2, 0.25) is 5.91 Å². The van der Waals surface area contributed by atoms with E-state index in [0.29, 0.717) is 6.42 Å². The number of aliphatic hydroxyl groups excluding tert-OH is 5. The fourth-order valence-corrected chi connectivity index (χ4v) is 8.25. The number of hydrogen-bond donors (Lipinski definition) is 6. The van der Waals surface area contributed by atoms with Crippen LogP contribution in [0.5, 0.6) is 0 Å². The highest BCUT2D eigenvalue weighted by Gasteiger charge is 2.44. The molecule has 9 heteroatoms. The zero-order chi connectivity index (χ0) is 45.1. The number of rotatable bonds is 44. The molecule has 7 unspecified atom stereocenters. The van der Waals surface area contributed by atoms with Gasteiger partial charge in [-0.05, 0) is 51.4 Å². The predicted octanol–water partition coefficient (Wildman–Crippen LogP) is 12.0. The van der Waals surface area contributed by atoms with Crippen LogP contribution in [0.3, 0.4) is 0 Å². The molecule has 6 N–H and O–H groups in total. The van der Waals surface area contributed by atoms with Crippen LogP contribution in [0.4, 0.5) is 0 Å². The average Bonchev–Trinajstić information content (AvgIpc) is 3.27. The first kappa shape index (κ1) is 58.4. The molecule has 0 saturated carbocycles. The second-order valence-electron chi connectivity index (χ2n) is 18.3. The Hall–Kier alpha value is -1.59. The molecule has 62 heavy (non-hydrogen) atoms. The van der Waals surface area contributed by atoms with Gasteiger partial charge in [0.25, 0.3) is 0 Å². The largest absolute Gasteiger partial charge is 0.394 e. The number of carbonyl (C=O) groups excluding carboxylic acids is 1. The summed E-state index contributed by atoms with van der Waals surface area (Å²) in [7, 11) is 0. The van der Waals surface area contributed by atoms with Crippen LogP contribution in [0.15, 0.2) is 36.5 Å². The molecule has 9 nitrogen and oxygen atoms in total. The lowest BCUT2D eigenvalue weighted by atomic mass is 9.99. The molecule has 1 saturated heterocycles. The van der Waals surface area contributed by atoms with E-state index in [1.54, 1.807) is 6.08 Å². The Morgan fingerprint density at radius 3 is 1.39 bits per heavy atom. The van der Waals surface area contributed by atoms with E-state index in [9.17, 15) is 30.3 Å². The van der Waals surface area contributed by atoms with Gasteiger partial charge in [-0.25, -0.2) is 0 Å². The number of aliphatic hydroxyl groups is 5. The Bertz CT molecular complexity index is 1070. The molecule has 1 aliphatic heterocycles. The zero-order valence-corrected chi connectivity index (χ0v) is 40.1. The lowest BCUT2D eigenvalue weighted by molar-refractivity contribution is -0.302. The summed E-state index contributed by atoms with van der Waals surface area (Å²) in [4.78, 5) is 13.0. The second kappa shape index (κ2) is 43.3. The van der Waals surface area contributed by atoms with Crippen LogP contribution in [-0.4, -0.2) is 87.5 Å². The van der Waals surface area contributed by atoms with E-state index in [-0.39, 0.29) is 12.5 Å². The summed E-state index contributed by atoms with van der Waals surface area (Å²) < 4.78 is 11.2. The molecule has 0 radical (unpaired) electrons. The van der Waals surface area contributed by atoms with Gasteiger partial charge >= 0.3 is 0 Å². The number of carbonyl (C=O) groups is 1. The Kier molecular flexibility index (Phi) is 40.8. The molecule has 364 valence electrons. The summed E-state index contributed by atoms with van der Waals surface area (Å²) in [5.74, 6) is -0.179. The van der Waals surface area contributed by atoms with Gasteiger partial charge in [0.1, 0.15) is 24.4 Å². The molecule has 0 aromatic carbocycles. The number of allylic oxidation sites excluding steroid dienone is 5. The molecule has 0 bridgehead atoms. The summed E-state index contributed by atoms with van der Waals surface area (Å²) in [6, 6.07) is -0.802. The third-order valence-corrected chi connectivity index (χ3v) is 12.5. The highest BCUT2D eigenvalue weighted by molar-refractivity contribution is 5.76. The van der Waals surface area contributed by atoms with Crippen LogP contribution in [-0.2, 0) is 14.3 Å². The number of unbranched alkanes of at least 4 members (excludes halogenated alkanes) is 30. The molecule has 1 amide bonds. The SMILES string of the molecule is CCCCCCCCCC/C=C/C(O)C(COC1OC(CO)C(O)C(O)C1O)NC(=O)CCCCCCCCCCCCCCC/C=C\C/C=C\CCCCCCCCCCC. The average molecular weight is 878 g/mol. The summed E-state index contributed by atoms with van der Waals surface area (Å²) in [6.45, 7) is 3.76. The first-order chi connectivity index (χ1) is 30.3. The highest BCUT2D eigenvalue weighted by atomic mass is 16.7. The topological polar surface area (TPSA) is 149 Å². The standard InChI is InChI=1S/C53H99NO8/c1-3-5-7-9-11-13-15-16-17-18-19-20-21-22-23-24-25-26-27-28-29-30-31-32-33-35-37-39-41-43-49(57)54-46(45-61-53-52(60)51(59)50(58)48(44-55)62-53)47(56)42-40-38-36-34-14-12-10-8-6-4-2/h19-20,22-23,40,42,46-48,50-53,55-56,58-60H,3-18,21,24-39,41,43-45H2,1-2H3,(H,54,57)/b20-19-,23-22-,42-40+. The minimum absolute atomic E-state index is 0.179. The van der Waals surface area contributed by atoms with Crippen molar-refractivity contribution in [3.8, 4) is 0 Å². The normalized spacial score (nSPS) is 20.5. The van der Waals surface area contributed by atoms with E-state index in [1.165, 1.54) is 173 Å². The van der Waals surface area contributed by atoms with Gasteiger partial charge in [-0.2, -0.15) is 0 Å². The molecular weight excluding hydrogens is 779 g/mol. The maximum Gasteiger partial charge on any atom is 0.220 e. The maximum absolute atomic E-state index is 13.0. The summed E-state index contributed by atoms with van der Waals surface area (Å²) in [6.07, 6.45) is 47.9. The molecule has 0 spiro atoms. The highest BCUT2D eigenvalue weighted by Crippen LogP contribution is 2.23. The van der Waals surface area contributed by atoms with Gasteiger partial charge < -0.3 is 40.3 Å². The Morgan fingerprint density at radius 2 is 0.952 bits per heavy atom. The summed E-state index contributed by atoms with van der Waals surface area (Å²) in [5, 5.41) is 54.2. The van der Waals surface area contributed by atoms with Crippen molar-refractivity contribution in [1.82, 2.24) is 5.32 Å². The van der Waals surface area contributed by atoms with E-state index in [4.69, 9.17) is 9.47 Å². The minimum atomic E-state index is -1.56. The van der Waals surface area contributed by atoms with E-state index < -0.39 is 49.5 Å². The van der Waals surface area contributed by atoms with Crippen molar-refractivity contribution in [1.29, 1.82) is 0 Å². The molecule has 0 aromatic heterocycles. The molecule has 1 fully saturated rings. The van der Waals surface area contributed by atoms with Gasteiger partial charge in [0.05, 0.1) is 25.4 Å². The van der Waals surface area contributed by atoms with Crippen LogP contribution < -0.4 is 5.32 Å². The van der Waals surface area contributed by atoms with Crippen LogP contribution >= 0.6 is 0 Å². The monoisotopic (exact) mass is 878 g/mol. The smallest absolute Gasteiger partial charge is 0.220 e. The second-order valence-corrected chi connectivity index (χ2v) is 18.3. The van der Waals surface area contributed by atoms with Crippen molar-refractivity contribution in [2.75, 3.05) is 13.2 Å². The maximum atomic E-state index is 13.0. The molecule has 1 aliphatic rings. The van der Waals surface area contributed by atoms with Gasteiger partial charge in [-0.1, -0.05) is 217 Å². The van der Waals surface area contributed by atoms with Gasteiger partial charge in [-0.3, -0.25) is 4.79 Å². The summed E-state index contributed by atoms with van der Waals surface area (Å²) in [5.41, 5.74) is 0. The minimum Gasteiger partial charge on any atom is -0.394 e.